The molecule has 3 heterocycles. The minimum Gasteiger partial charge on any atom is -0.256 e. The number of hydrogen-bond acceptors (Lipinski definition) is 3. The third-order valence-corrected chi connectivity index (χ3v) is 7.03. The number of nitrogens with zero attached hydrogens (tertiary/aromatic N) is 3. The SMILES string of the molecule is c1ccc2nc(-c3ccc4c5cccc6c7ncccc7c7cccc(c4n3)c7c56)ccc2c1. The third-order valence-electron chi connectivity index (χ3n) is 7.03. The number of aromatic nitrogens is 3. The van der Waals surface area contributed by atoms with Crippen molar-refractivity contribution in [3.8, 4) is 11.4 Å². The molecule has 0 saturated heterocycles. The summed E-state index contributed by atoms with van der Waals surface area (Å²) in [5, 5.41) is 10.8. The van der Waals surface area contributed by atoms with Crippen molar-refractivity contribution in [3.05, 3.63) is 103 Å². The van der Waals surface area contributed by atoms with Crippen LogP contribution in [0.4, 0.5) is 0 Å². The molecule has 156 valence electrons. The van der Waals surface area contributed by atoms with Crippen molar-refractivity contribution in [2.75, 3.05) is 0 Å². The lowest BCUT2D eigenvalue weighted by atomic mass is 9.89. The second-order valence-electron chi connectivity index (χ2n) is 8.84. The second-order valence-corrected chi connectivity index (χ2v) is 8.84. The average Bonchev–Trinajstić information content (AvgIpc) is 2.92. The van der Waals surface area contributed by atoms with Crippen molar-refractivity contribution in [1.29, 1.82) is 0 Å². The topological polar surface area (TPSA) is 38.7 Å². The zero-order valence-corrected chi connectivity index (χ0v) is 18.2. The molecule has 5 aromatic carbocycles. The third kappa shape index (κ3) is 2.28. The standard InChI is InChI=1S/C31H17N3/c1-2-12-25-18(6-1)13-15-26(33-25)27-16-14-22-20-8-3-9-23-28(20)29-19(21-11-5-17-32-30(21)23)7-4-10-24(29)31(22)34-27/h1-17H. The molecule has 0 unspecified atom stereocenters. The van der Waals surface area contributed by atoms with Crippen LogP contribution in [0.3, 0.4) is 0 Å². The van der Waals surface area contributed by atoms with Crippen molar-refractivity contribution in [1.82, 2.24) is 15.0 Å². The highest BCUT2D eigenvalue weighted by Crippen LogP contribution is 2.43. The molecule has 0 atom stereocenters. The van der Waals surface area contributed by atoms with E-state index in [0.717, 1.165) is 38.7 Å². The number of rotatable bonds is 1. The molecular formula is C31H17N3. The van der Waals surface area contributed by atoms with Crippen LogP contribution in [0, 0.1) is 0 Å². The Hall–Kier alpha value is -4.63. The Kier molecular flexibility index (Phi) is 3.39. The fraction of sp³-hybridized carbons (Fsp3) is 0. The number of hydrogen-bond donors (Lipinski definition) is 0. The molecule has 0 bridgehead atoms. The number of fused-ring (bicyclic) bond motifs is 7. The highest BCUT2D eigenvalue weighted by molar-refractivity contribution is 6.39. The van der Waals surface area contributed by atoms with Crippen molar-refractivity contribution < 1.29 is 0 Å². The van der Waals surface area contributed by atoms with Gasteiger partial charge in [0.25, 0.3) is 0 Å². The zero-order valence-electron chi connectivity index (χ0n) is 18.2. The molecule has 0 aliphatic heterocycles. The van der Waals surface area contributed by atoms with Gasteiger partial charge in [-0.25, -0.2) is 9.97 Å². The molecule has 0 radical (unpaired) electrons. The highest BCUT2D eigenvalue weighted by Gasteiger charge is 2.18. The minimum atomic E-state index is 0.889. The number of benzene rings is 5. The zero-order chi connectivity index (χ0) is 22.2. The van der Waals surface area contributed by atoms with Crippen LogP contribution in [0.25, 0.3) is 76.4 Å². The first-order valence-corrected chi connectivity index (χ1v) is 11.5. The summed E-state index contributed by atoms with van der Waals surface area (Å²) in [6.07, 6.45) is 1.88. The summed E-state index contributed by atoms with van der Waals surface area (Å²) in [4.78, 5) is 14.9. The van der Waals surface area contributed by atoms with E-state index in [-0.39, 0.29) is 0 Å². The first-order valence-electron chi connectivity index (χ1n) is 11.5. The Morgan fingerprint density at radius 2 is 1.06 bits per heavy atom. The summed E-state index contributed by atoms with van der Waals surface area (Å²) in [6, 6.07) is 33.9. The van der Waals surface area contributed by atoms with Crippen LogP contribution in [0.5, 0.6) is 0 Å². The summed E-state index contributed by atoms with van der Waals surface area (Å²) in [5.41, 5.74) is 4.83. The van der Waals surface area contributed by atoms with Gasteiger partial charge in [-0.1, -0.05) is 66.7 Å². The van der Waals surface area contributed by atoms with Crippen LogP contribution < -0.4 is 0 Å². The van der Waals surface area contributed by atoms with Gasteiger partial charge in [-0.05, 0) is 41.1 Å². The maximum atomic E-state index is 5.20. The quantitative estimate of drug-likeness (QED) is 0.196. The summed E-state index contributed by atoms with van der Waals surface area (Å²) < 4.78 is 0. The maximum Gasteiger partial charge on any atom is 0.0894 e. The van der Waals surface area contributed by atoms with Crippen molar-refractivity contribution in [2.45, 2.75) is 0 Å². The van der Waals surface area contributed by atoms with Crippen molar-refractivity contribution >= 4 is 65.0 Å². The summed E-state index contributed by atoms with van der Waals surface area (Å²) in [7, 11) is 0. The summed E-state index contributed by atoms with van der Waals surface area (Å²) in [6.45, 7) is 0. The minimum absolute atomic E-state index is 0.889. The van der Waals surface area contributed by atoms with Gasteiger partial charge in [0, 0.05) is 43.9 Å². The van der Waals surface area contributed by atoms with Crippen LogP contribution >= 0.6 is 0 Å². The molecule has 34 heavy (non-hydrogen) atoms. The summed E-state index contributed by atoms with van der Waals surface area (Å²) in [5.74, 6) is 0. The van der Waals surface area contributed by atoms with Crippen LogP contribution in [-0.2, 0) is 0 Å². The fourth-order valence-electron chi connectivity index (χ4n) is 5.56. The second kappa shape index (κ2) is 6.46. The van der Waals surface area contributed by atoms with E-state index in [9.17, 15) is 0 Å². The van der Waals surface area contributed by atoms with Gasteiger partial charge in [0.15, 0.2) is 0 Å². The van der Waals surface area contributed by atoms with Gasteiger partial charge in [-0.15, -0.1) is 0 Å². The molecule has 3 heteroatoms. The van der Waals surface area contributed by atoms with E-state index < -0.39 is 0 Å². The lowest BCUT2D eigenvalue weighted by Gasteiger charge is -2.16. The molecule has 3 aromatic heterocycles. The Morgan fingerprint density at radius 3 is 1.91 bits per heavy atom. The molecule has 0 N–H and O–H groups in total. The summed E-state index contributed by atoms with van der Waals surface area (Å²) >= 11 is 0. The normalized spacial score (nSPS) is 12.1. The van der Waals surface area contributed by atoms with Crippen LogP contribution in [0.2, 0.25) is 0 Å². The molecule has 0 spiro atoms. The Bertz CT molecular complexity index is 2070. The molecule has 0 saturated carbocycles. The van der Waals surface area contributed by atoms with Crippen LogP contribution in [-0.4, -0.2) is 15.0 Å². The molecule has 8 aromatic rings. The number of para-hydroxylation sites is 1. The van der Waals surface area contributed by atoms with E-state index in [4.69, 9.17) is 15.0 Å². The van der Waals surface area contributed by atoms with Gasteiger partial charge in [0.2, 0.25) is 0 Å². The predicted octanol–water partition coefficient (Wildman–Crippen LogP) is 7.90. The predicted molar refractivity (Wildman–Crippen MR) is 141 cm³/mol. The highest BCUT2D eigenvalue weighted by atomic mass is 14.8. The van der Waals surface area contributed by atoms with E-state index in [1.807, 2.05) is 30.5 Å². The lowest BCUT2D eigenvalue weighted by molar-refractivity contribution is 1.32. The first-order chi connectivity index (χ1) is 16.9. The molecule has 0 aliphatic carbocycles. The Balaban J connectivity index is 1.54. The molecule has 8 rings (SSSR count). The Morgan fingerprint density at radius 1 is 0.412 bits per heavy atom. The van der Waals surface area contributed by atoms with E-state index >= 15 is 0 Å². The largest absolute Gasteiger partial charge is 0.256 e. The van der Waals surface area contributed by atoms with Gasteiger partial charge in [-0.3, -0.25) is 4.98 Å². The molecule has 0 aliphatic rings. The first kappa shape index (κ1) is 17.9. The Labute approximate surface area is 194 Å². The van der Waals surface area contributed by atoms with Crippen LogP contribution in [0.15, 0.2) is 103 Å². The molecular weight excluding hydrogens is 414 g/mol. The van der Waals surface area contributed by atoms with Gasteiger partial charge in [0.1, 0.15) is 0 Å². The van der Waals surface area contributed by atoms with Gasteiger partial charge < -0.3 is 0 Å². The van der Waals surface area contributed by atoms with Crippen LogP contribution in [0.1, 0.15) is 0 Å². The molecule has 0 amide bonds. The van der Waals surface area contributed by atoms with E-state index in [1.54, 1.807) is 0 Å². The van der Waals surface area contributed by atoms with Gasteiger partial charge >= 0.3 is 0 Å². The maximum absolute atomic E-state index is 5.20. The van der Waals surface area contributed by atoms with Crippen molar-refractivity contribution in [2.24, 2.45) is 0 Å². The lowest BCUT2D eigenvalue weighted by Crippen LogP contribution is -1.94. The van der Waals surface area contributed by atoms with Gasteiger partial charge in [0.05, 0.1) is 27.9 Å². The van der Waals surface area contributed by atoms with E-state index in [2.05, 4.69) is 72.8 Å². The molecule has 3 nitrogen and oxygen atoms in total. The van der Waals surface area contributed by atoms with E-state index in [0.29, 0.717) is 0 Å². The molecule has 0 fully saturated rings. The van der Waals surface area contributed by atoms with Crippen molar-refractivity contribution in [3.63, 3.8) is 0 Å². The van der Waals surface area contributed by atoms with Gasteiger partial charge in [-0.2, -0.15) is 0 Å². The monoisotopic (exact) mass is 431 g/mol. The average molecular weight is 431 g/mol. The van der Waals surface area contributed by atoms with E-state index in [1.165, 1.54) is 37.7 Å². The smallest absolute Gasteiger partial charge is 0.0894 e. The number of pyridine rings is 3. The fourth-order valence-corrected chi connectivity index (χ4v) is 5.56.